The third-order valence-electron chi connectivity index (χ3n) is 4.71. The molecule has 1 amide bonds. The number of carbonyl (C=O) groups is 1. The molecule has 134 valence electrons. The number of fused-ring (bicyclic) bond motifs is 2. The van der Waals surface area contributed by atoms with E-state index in [1.807, 2.05) is 47.5 Å². The summed E-state index contributed by atoms with van der Waals surface area (Å²) in [7, 11) is 1.60. The van der Waals surface area contributed by atoms with Gasteiger partial charge in [-0.25, -0.2) is 0 Å². The van der Waals surface area contributed by atoms with E-state index < -0.39 is 0 Å². The van der Waals surface area contributed by atoms with Crippen LogP contribution >= 0.6 is 11.6 Å². The summed E-state index contributed by atoms with van der Waals surface area (Å²) < 4.78 is 11.0. The van der Waals surface area contributed by atoms with Crippen LogP contribution in [0.3, 0.4) is 0 Å². The lowest BCUT2D eigenvalue weighted by Gasteiger charge is -2.19. The number of hydrogen-bond donors (Lipinski definition) is 1. The molecule has 1 aromatic heterocycles. The van der Waals surface area contributed by atoms with Gasteiger partial charge in [0.15, 0.2) is 18.1 Å². The molecule has 0 unspecified atom stereocenters. The molecule has 0 radical (unpaired) electrons. The van der Waals surface area contributed by atoms with Crippen molar-refractivity contribution in [1.82, 2.24) is 9.88 Å². The van der Waals surface area contributed by atoms with Crippen LogP contribution in [-0.2, 0) is 17.8 Å². The van der Waals surface area contributed by atoms with Crippen LogP contribution in [-0.4, -0.2) is 36.1 Å². The van der Waals surface area contributed by atoms with Crippen molar-refractivity contribution < 1.29 is 14.3 Å². The molecule has 5 nitrogen and oxygen atoms in total. The van der Waals surface area contributed by atoms with E-state index in [-0.39, 0.29) is 12.5 Å². The average Bonchev–Trinajstić information content (AvgIpc) is 2.97. The van der Waals surface area contributed by atoms with Gasteiger partial charge in [-0.2, -0.15) is 0 Å². The first-order valence-electron chi connectivity index (χ1n) is 8.47. The second-order valence-corrected chi connectivity index (χ2v) is 6.74. The number of H-pyrrole nitrogens is 1. The maximum absolute atomic E-state index is 12.5. The van der Waals surface area contributed by atoms with Crippen LogP contribution in [0.25, 0.3) is 10.9 Å². The highest BCUT2D eigenvalue weighted by Gasteiger charge is 2.23. The van der Waals surface area contributed by atoms with Crippen LogP contribution < -0.4 is 9.47 Å². The fourth-order valence-corrected chi connectivity index (χ4v) is 3.52. The van der Waals surface area contributed by atoms with Gasteiger partial charge in [0.25, 0.3) is 5.91 Å². The van der Waals surface area contributed by atoms with E-state index in [0.717, 1.165) is 28.5 Å². The summed E-state index contributed by atoms with van der Waals surface area (Å²) in [6.45, 7) is 1.14. The molecule has 2 aromatic carbocycles. The van der Waals surface area contributed by atoms with E-state index >= 15 is 0 Å². The minimum absolute atomic E-state index is 0.0209. The third-order valence-corrected chi connectivity index (χ3v) is 4.95. The lowest BCUT2D eigenvalue weighted by atomic mass is 10.1. The Morgan fingerprint density at radius 2 is 2.19 bits per heavy atom. The van der Waals surface area contributed by atoms with Gasteiger partial charge in [-0.3, -0.25) is 4.79 Å². The molecule has 3 aromatic rings. The number of amides is 1. The first kappa shape index (κ1) is 16.8. The van der Waals surface area contributed by atoms with Crippen molar-refractivity contribution in [2.24, 2.45) is 0 Å². The quantitative estimate of drug-likeness (QED) is 0.760. The largest absolute Gasteiger partial charge is 0.493 e. The molecule has 2 heterocycles. The maximum Gasteiger partial charge on any atom is 0.260 e. The monoisotopic (exact) mass is 370 g/mol. The van der Waals surface area contributed by atoms with Crippen molar-refractivity contribution in [2.75, 3.05) is 20.3 Å². The summed E-state index contributed by atoms with van der Waals surface area (Å²) in [5.41, 5.74) is 3.15. The molecule has 0 spiro atoms. The third kappa shape index (κ3) is 3.10. The second kappa shape index (κ2) is 6.92. The Balaban J connectivity index is 1.55. The number of halogens is 1. The molecule has 1 aliphatic heterocycles. The fourth-order valence-electron chi connectivity index (χ4n) is 3.35. The Kier molecular flexibility index (Phi) is 4.47. The van der Waals surface area contributed by atoms with Crippen LogP contribution in [0.4, 0.5) is 0 Å². The molecule has 0 saturated heterocycles. The number of nitrogens with zero attached hydrogens (tertiary/aromatic N) is 1. The van der Waals surface area contributed by atoms with E-state index in [2.05, 4.69) is 4.98 Å². The summed E-state index contributed by atoms with van der Waals surface area (Å²) >= 11 is 6.12. The lowest BCUT2D eigenvalue weighted by molar-refractivity contribution is -0.133. The Hall–Kier alpha value is -2.66. The molecular weight excluding hydrogens is 352 g/mol. The van der Waals surface area contributed by atoms with Crippen molar-refractivity contribution >= 4 is 28.4 Å². The zero-order valence-electron chi connectivity index (χ0n) is 14.4. The highest BCUT2D eigenvalue weighted by atomic mass is 35.5. The van der Waals surface area contributed by atoms with Gasteiger partial charge in [0.05, 0.1) is 7.11 Å². The van der Waals surface area contributed by atoms with Crippen molar-refractivity contribution in [3.63, 3.8) is 0 Å². The van der Waals surface area contributed by atoms with E-state index in [4.69, 9.17) is 21.1 Å². The van der Waals surface area contributed by atoms with Gasteiger partial charge in [-0.05, 0) is 36.2 Å². The van der Waals surface area contributed by atoms with Crippen LogP contribution in [0.2, 0.25) is 5.02 Å². The normalized spacial score (nSPS) is 14.1. The number of benzene rings is 2. The lowest BCUT2D eigenvalue weighted by Crippen LogP contribution is -2.34. The Labute approximate surface area is 156 Å². The number of ether oxygens (including phenoxy) is 2. The zero-order valence-corrected chi connectivity index (χ0v) is 15.2. The molecule has 0 aliphatic carbocycles. The van der Waals surface area contributed by atoms with Gasteiger partial charge in [-0.1, -0.05) is 23.7 Å². The topological polar surface area (TPSA) is 54.6 Å². The van der Waals surface area contributed by atoms with Gasteiger partial charge in [0.1, 0.15) is 0 Å². The maximum atomic E-state index is 12.5. The van der Waals surface area contributed by atoms with Gasteiger partial charge in [0.2, 0.25) is 0 Å². The Morgan fingerprint density at radius 3 is 3.04 bits per heavy atom. The molecule has 0 saturated carbocycles. The number of carbonyl (C=O) groups excluding carboxylic acids is 1. The highest BCUT2D eigenvalue weighted by molar-refractivity contribution is 6.31. The minimum Gasteiger partial charge on any atom is -0.493 e. The molecular formula is C20H19ClN2O3. The minimum atomic E-state index is -0.0267. The number of rotatable bonds is 4. The molecule has 1 aliphatic rings. The number of aromatic amines is 1. The van der Waals surface area contributed by atoms with Gasteiger partial charge in [-0.15, -0.1) is 0 Å². The number of nitrogens with one attached hydrogen (secondary N) is 1. The van der Waals surface area contributed by atoms with E-state index in [9.17, 15) is 4.79 Å². The molecule has 1 N–H and O–H groups in total. The molecule has 4 rings (SSSR count). The van der Waals surface area contributed by atoms with Crippen LogP contribution in [0.1, 0.15) is 11.1 Å². The molecule has 0 atom stereocenters. The average molecular weight is 371 g/mol. The molecule has 6 heteroatoms. The van der Waals surface area contributed by atoms with Crippen molar-refractivity contribution in [2.45, 2.75) is 13.0 Å². The smallest absolute Gasteiger partial charge is 0.260 e. The van der Waals surface area contributed by atoms with Crippen molar-refractivity contribution in [3.8, 4) is 11.5 Å². The summed E-state index contributed by atoms with van der Waals surface area (Å²) in [6.07, 6.45) is 2.72. The van der Waals surface area contributed by atoms with E-state index in [1.165, 1.54) is 0 Å². The number of methoxy groups -OCH3 is 1. The number of hydrogen-bond acceptors (Lipinski definition) is 3. The first-order valence-corrected chi connectivity index (χ1v) is 8.85. The van der Waals surface area contributed by atoms with Gasteiger partial charge in [0, 0.05) is 40.8 Å². The highest BCUT2D eigenvalue weighted by Crippen LogP contribution is 2.33. The molecule has 26 heavy (non-hydrogen) atoms. The van der Waals surface area contributed by atoms with E-state index in [0.29, 0.717) is 29.6 Å². The summed E-state index contributed by atoms with van der Waals surface area (Å²) in [5.74, 6) is 1.29. The number of aromatic nitrogens is 1. The Morgan fingerprint density at radius 1 is 1.31 bits per heavy atom. The van der Waals surface area contributed by atoms with Crippen LogP contribution in [0.5, 0.6) is 11.5 Å². The van der Waals surface area contributed by atoms with Crippen LogP contribution in [0.15, 0.2) is 42.6 Å². The standard InChI is InChI=1S/C20H19ClN2O3/c1-25-18-4-2-3-14-11-23(19(24)12-26-20(14)18)8-7-13-10-22-17-6-5-15(21)9-16(13)17/h2-6,9-10,22H,7-8,11-12H2,1H3. The second-order valence-electron chi connectivity index (χ2n) is 6.31. The van der Waals surface area contributed by atoms with Gasteiger partial charge >= 0.3 is 0 Å². The number of para-hydroxylation sites is 1. The molecule has 0 fully saturated rings. The van der Waals surface area contributed by atoms with Gasteiger partial charge < -0.3 is 19.4 Å². The SMILES string of the molecule is COc1cccc2c1OCC(=O)N(CCc1c[nH]c3ccc(Cl)cc13)C2. The summed E-state index contributed by atoms with van der Waals surface area (Å²) in [5, 5.41) is 1.80. The first-order chi connectivity index (χ1) is 12.7. The summed E-state index contributed by atoms with van der Waals surface area (Å²) in [4.78, 5) is 17.6. The predicted octanol–water partition coefficient (Wildman–Crippen LogP) is 3.79. The molecule has 0 bridgehead atoms. The van der Waals surface area contributed by atoms with E-state index in [1.54, 1.807) is 7.11 Å². The zero-order chi connectivity index (χ0) is 18.1. The fraction of sp³-hybridized carbons (Fsp3) is 0.250. The Bertz CT molecular complexity index is 967. The van der Waals surface area contributed by atoms with Crippen molar-refractivity contribution in [1.29, 1.82) is 0 Å². The summed E-state index contributed by atoms with van der Waals surface area (Å²) in [6, 6.07) is 11.5. The predicted molar refractivity (Wildman–Crippen MR) is 101 cm³/mol. The van der Waals surface area contributed by atoms with Crippen molar-refractivity contribution in [3.05, 3.63) is 58.7 Å². The van der Waals surface area contributed by atoms with Crippen LogP contribution in [0, 0.1) is 0 Å².